The molecule has 0 unspecified atom stereocenters. The quantitative estimate of drug-likeness (QED) is 0.350. The van der Waals surface area contributed by atoms with Crippen LogP contribution in [0.1, 0.15) is 72.1 Å². The molecule has 0 spiro atoms. The molecule has 0 aliphatic heterocycles. The molecule has 0 saturated carbocycles. The molecule has 2 heteroatoms. The van der Waals surface area contributed by atoms with Gasteiger partial charge < -0.3 is 4.90 Å². The highest BCUT2D eigenvalue weighted by molar-refractivity contribution is 6.17. The summed E-state index contributed by atoms with van der Waals surface area (Å²) in [4.78, 5) is 2.56. The fourth-order valence-electron chi connectivity index (χ4n) is 2.16. The summed E-state index contributed by atoms with van der Waals surface area (Å²) in [6.45, 7) is 9.27. The Labute approximate surface area is 114 Å². The Balaban J connectivity index is 3.41. The first-order chi connectivity index (χ1) is 8.22. The van der Waals surface area contributed by atoms with Crippen LogP contribution < -0.4 is 0 Å². The standard InChI is InChI=1S/C15H32ClN/c1-4-5-6-7-8-9-10-13-17(15(2)3)14-11-12-16/h15H,4-14H2,1-3H3. The van der Waals surface area contributed by atoms with Crippen molar-refractivity contribution in [2.75, 3.05) is 19.0 Å². The molecule has 0 aromatic rings. The van der Waals surface area contributed by atoms with Gasteiger partial charge >= 0.3 is 0 Å². The van der Waals surface area contributed by atoms with Crippen molar-refractivity contribution in [2.45, 2.75) is 78.2 Å². The Morgan fingerprint density at radius 2 is 1.35 bits per heavy atom. The van der Waals surface area contributed by atoms with Gasteiger partial charge in [0, 0.05) is 11.9 Å². The number of hydrogen-bond donors (Lipinski definition) is 0. The maximum atomic E-state index is 5.76. The van der Waals surface area contributed by atoms with E-state index in [2.05, 4.69) is 25.7 Å². The van der Waals surface area contributed by atoms with Gasteiger partial charge in [-0.2, -0.15) is 0 Å². The van der Waals surface area contributed by atoms with Gasteiger partial charge in [0.2, 0.25) is 0 Å². The normalized spacial score (nSPS) is 11.6. The summed E-state index contributed by atoms with van der Waals surface area (Å²) in [5.41, 5.74) is 0. The highest BCUT2D eigenvalue weighted by atomic mass is 35.5. The zero-order valence-electron chi connectivity index (χ0n) is 12.2. The lowest BCUT2D eigenvalue weighted by Gasteiger charge is -2.26. The summed E-state index contributed by atoms with van der Waals surface area (Å²) in [5.74, 6) is 0.792. The van der Waals surface area contributed by atoms with Crippen molar-refractivity contribution in [3.8, 4) is 0 Å². The molecule has 0 bridgehead atoms. The van der Waals surface area contributed by atoms with Gasteiger partial charge in [0.05, 0.1) is 0 Å². The SMILES string of the molecule is CCCCCCCCCN(CCCCl)C(C)C. The van der Waals surface area contributed by atoms with Crippen LogP contribution in [-0.2, 0) is 0 Å². The zero-order chi connectivity index (χ0) is 12.9. The summed E-state index contributed by atoms with van der Waals surface area (Å²) in [6.07, 6.45) is 10.9. The van der Waals surface area contributed by atoms with Crippen molar-refractivity contribution in [2.24, 2.45) is 0 Å². The fourth-order valence-corrected chi connectivity index (χ4v) is 2.28. The molecule has 0 N–H and O–H groups in total. The van der Waals surface area contributed by atoms with Gasteiger partial charge in [-0.25, -0.2) is 0 Å². The average Bonchev–Trinajstić information content (AvgIpc) is 2.31. The minimum Gasteiger partial charge on any atom is -0.301 e. The maximum absolute atomic E-state index is 5.76. The molecule has 0 rings (SSSR count). The van der Waals surface area contributed by atoms with Crippen LogP contribution in [0.25, 0.3) is 0 Å². The Kier molecular flexibility index (Phi) is 12.9. The number of unbranched alkanes of at least 4 members (excludes halogenated alkanes) is 6. The van der Waals surface area contributed by atoms with Gasteiger partial charge in [0.15, 0.2) is 0 Å². The number of rotatable bonds is 12. The summed E-state index contributed by atoms with van der Waals surface area (Å²) >= 11 is 5.76. The van der Waals surface area contributed by atoms with Gasteiger partial charge in [0.1, 0.15) is 0 Å². The summed E-state index contributed by atoms with van der Waals surface area (Å²) < 4.78 is 0. The second-order valence-corrected chi connectivity index (χ2v) is 5.67. The highest BCUT2D eigenvalue weighted by Crippen LogP contribution is 2.09. The van der Waals surface area contributed by atoms with E-state index < -0.39 is 0 Å². The Bertz CT molecular complexity index is 148. The minimum atomic E-state index is 0.665. The zero-order valence-corrected chi connectivity index (χ0v) is 12.9. The Morgan fingerprint density at radius 1 is 0.824 bits per heavy atom. The predicted octanol–water partition coefficient (Wildman–Crippen LogP) is 5.08. The second kappa shape index (κ2) is 12.7. The third-order valence-corrected chi connectivity index (χ3v) is 3.63. The lowest BCUT2D eigenvalue weighted by Crippen LogP contribution is -2.33. The van der Waals surface area contributed by atoms with Gasteiger partial charge in [-0.1, -0.05) is 45.4 Å². The van der Waals surface area contributed by atoms with Crippen molar-refractivity contribution in [3.05, 3.63) is 0 Å². The fraction of sp³-hybridized carbons (Fsp3) is 1.00. The average molecular weight is 262 g/mol. The molecule has 0 atom stereocenters. The first-order valence-electron chi connectivity index (χ1n) is 7.52. The highest BCUT2D eigenvalue weighted by Gasteiger charge is 2.07. The third kappa shape index (κ3) is 11.1. The van der Waals surface area contributed by atoms with Crippen LogP contribution in [0.3, 0.4) is 0 Å². The summed E-state index contributed by atoms with van der Waals surface area (Å²) in [6, 6.07) is 0.665. The topological polar surface area (TPSA) is 3.24 Å². The Hall–Kier alpha value is 0.250. The molecule has 0 aromatic heterocycles. The lowest BCUT2D eigenvalue weighted by atomic mass is 10.1. The summed E-state index contributed by atoms with van der Waals surface area (Å²) in [7, 11) is 0. The first kappa shape index (κ1) is 17.2. The lowest BCUT2D eigenvalue weighted by molar-refractivity contribution is 0.217. The molecule has 0 amide bonds. The van der Waals surface area contributed by atoms with Gasteiger partial charge in [-0.05, 0) is 39.8 Å². The van der Waals surface area contributed by atoms with Crippen LogP contribution >= 0.6 is 11.6 Å². The van der Waals surface area contributed by atoms with E-state index in [0.717, 1.165) is 18.8 Å². The minimum absolute atomic E-state index is 0.665. The van der Waals surface area contributed by atoms with Crippen LogP contribution in [-0.4, -0.2) is 29.9 Å². The largest absolute Gasteiger partial charge is 0.301 e. The van der Waals surface area contributed by atoms with Crippen LogP contribution in [0.2, 0.25) is 0 Å². The van der Waals surface area contributed by atoms with E-state index in [4.69, 9.17) is 11.6 Å². The van der Waals surface area contributed by atoms with Crippen molar-refractivity contribution in [3.63, 3.8) is 0 Å². The Morgan fingerprint density at radius 3 is 1.88 bits per heavy atom. The maximum Gasteiger partial charge on any atom is 0.0235 e. The number of alkyl halides is 1. The van der Waals surface area contributed by atoms with Gasteiger partial charge in [0.25, 0.3) is 0 Å². The van der Waals surface area contributed by atoms with E-state index in [-0.39, 0.29) is 0 Å². The van der Waals surface area contributed by atoms with Crippen molar-refractivity contribution in [1.29, 1.82) is 0 Å². The van der Waals surface area contributed by atoms with Gasteiger partial charge in [-0.15, -0.1) is 11.6 Å². The van der Waals surface area contributed by atoms with E-state index in [1.807, 2.05) is 0 Å². The van der Waals surface area contributed by atoms with Crippen LogP contribution in [0.15, 0.2) is 0 Å². The molecule has 0 radical (unpaired) electrons. The number of halogens is 1. The molecule has 0 heterocycles. The molecule has 104 valence electrons. The van der Waals surface area contributed by atoms with E-state index >= 15 is 0 Å². The van der Waals surface area contributed by atoms with Gasteiger partial charge in [-0.3, -0.25) is 0 Å². The number of hydrogen-bond acceptors (Lipinski definition) is 1. The molecule has 0 saturated heterocycles. The first-order valence-corrected chi connectivity index (χ1v) is 8.05. The van der Waals surface area contributed by atoms with Crippen LogP contribution in [0, 0.1) is 0 Å². The molecule has 17 heavy (non-hydrogen) atoms. The van der Waals surface area contributed by atoms with Crippen LogP contribution in [0.5, 0.6) is 0 Å². The smallest absolute Gasteiger partial charge is 0.0235 e. The molecule has 0 aliphatic carbocycles. The second-order valence-electron chi connectivity index (χ2n) is 5.29. The predicted molar refractivity (Wildman–Crippen MR) is 80.0 cm³/mol. The monoisotopic (exact) mass is 261 g/mol. The van der Waals surface area contributed by atoms with E-state index in [1.165, 1.54) is 51.5 Å². The molecular weight excluding hydrogens is 230 g/mol. The van der Waals surface area contributed by atoms with Crippen molar-refractivity contribution in [1.82, 2.24) is 4.90 Å². The molecule has 0 fully saturated rings. The molecule has 0 aromatic carbocycles. The number of nitrogens with zero attached hydrogens (tertiary/aromatic N) is 1. The third-order valence-electron chi connectivity index (χ3n) is 3.36. The van der Waals surface area contributed by atoms with Crippen molar-refractivity contribution >= 4 is 11.6 Å². The molecule has 1 nitrogen and oxygen atoms in total. The van der Waals surface area contributed by atoms with Crippen LogP contribution in [0.4, 0.5) is 0 Å². The van der Waals surface area contributed by atoms with E-state index in [0.29, 0.717) is 6.04 Å². The van der Waals surface area contributed by atoms with E-state index in [9.17, 15) is 0 Å². The van der Waals surface area contributed by atoms with E-state index in [1.54, 1.807) is 0 Å². The molecular formula is C15H32ClN. The summed E-state index contributed by atoms with van der Waals surface area (Å²) in [5, 5.41) is 0. The van der Waals surface area contributed by atoms with Crippen molar-refractivity contribution < 1.29 is 0 Å². The molecule has 0 aliphatic rings.